The minimum atomic E-state index is -0.803. The zero-order chi connectivity index (χ0) is 20.2. The Morgan fingerprint density at radius 1 is 1.24 bits per heavy atom. The summed E-state index contributed by atoms with van der Waals surface area (Å²) in [7, 11) is 0. The Balaban J connectivity index is 1.47. The molecule has 2 aromatic rings. The average Bonchev–Trinajstić information content (AvgIpc) is 3.25. The van der Waals surface area contributed by atoms with Crippen LogP contribution in [0.15, 0.2) is 46.6 Å². The lowest BCUT2D eigenvalue weighted by Crippen LogP contribution is -2.43. The molecule has 5 heteroatoms. The van der Waals surface area contributed by atoms with Crippen LogP contribution in [-0.4, -0.2) is 50.9 Å². The molecule has 1 N–H and O–H groups in total. The van der Waals surface area contributed by atoms with Crippen molar-refractivity contribution in [3.05, 3.63) is 47.2 Å². The largest absolute Gasteiger partial charge is 0.389 e. The van der Waals surface area contributed by atoms with Gasteiger partial charge >= 0.3 is 0 Å². The van der Waals surface area contributed by atoms with Gasteiger partial charge in [0.1, 0.15) is 0 Å². The zero-order valence-corrected chi connectivity index (χ0v) is 17.3. The number of hydrogen-bond acceptors (Lipinski definition) is 3. The molecule has 0 spiro atoms. The second kappa shape index (κ2) is 6.84. The molecule has 5 rings (SSSR count). The number of aliphatic imine (C=N–C) groups is 1. The first-order chi connectivity index (χ1) is 13.9. The van der Waals surface area contributed by atoms with E-state index in [1.54, 1.807) is 13.8 Å². The maximum atomic E-state index is 13.7. The van der Waals surface area contributed by atoms with Crippen molar-refractivity contribution in [2.75, 3.05) is 6.54 Å². The predicted molar refractivity (Wildman–Crippen MR) is 115 cm³/mol. The SMILES string of the molecule is CC(C)(O)Cn1ccc2c(C(=O)N(C3CC3)C3CCC4=C(C=NC4)C3)cccc21. The third-order valence-corrected chi connectivity index (χ3v) is 6.39. The molecule has 1 aromatic carbocycles. The highest BCUT2D eigenvalue weighted by molar-refractivity contribution is 6.07. The second-order valence-corrected chi connectivity index (χ2v) is 9.43. The van der Waals surface area contributed by atoms with Crippen molar-refractivity contribution in [3.8, 4) is 0 Å². The van der Waals surface area contributed by atoms with Crippen molar-refractivity contribution in [2.24, 2.45) is 4.99 Å². The fraction of sp³-hybridized carbons (Fsp3) is 0.500. The van der Waals surface area contributed by atoms with E-state index in [0.29, 0.717) is 12.6 Å². The minimum Gasteiger partial charge on any atom is -0.389 e. The van der Waals surface area contributed by atoms with Crippen molar-refractivity contribution in [1.29, 1.82) is 0 Å². The second-order valence-electron chi connectivity index (χ2n) is 9.43. The zero-order valence-electron chi connectivity index (χ0n) is 17.3. The van der Waals surface area contributed by atoms with Gasteiger partial charge in [0.15, 0.2) is 0 Å². The number of nitrogens with zero attached hydrogens (tertiary/aromatic N) is 3. The monoisotopic (exact) mass is 391 g/mol. The van der Waals surface area contributed by atoms with E-state index in [4.69, 9.17) is 0 Å². The molecule has 2 heterocycles. The molecule has 1 amide bonds. The molecule has 1 saturated carbocycles. The molecule has 0 saturated heterocycles. The Morgan fingerprint density at radius 2 is 2.07 bits per heavy atom. The molecule has 0 radical (unpaired) electrons. The van der Waals surface area contributed by atoms with Crippen LogP contribution in [0.3, 0.4) is 0 Å². The highest BCUT2D eigenvalue weighted by atomic mass is 16.3. The molecule has 2 aliphatic carbocycles. The highest BCUT2D eigenvalue weighted by Crippen LogP contribution is 2.38. The summed E-state index contributed by atoms with van der Waals surface area (Å²) in [5.74, 6) is 0.156. The Morgan fingerprint density at radius 3 is 2.83 bits per heavy atom. The van der Waals surface area contributed by atoms with Crippen LogP contribution in [0.2, 0.25) is 0 Å². The van der Waals surface area contributed by atoms with Crippen molar-refractivity contribution >= 4 is 23.0 Å². The van der Waals surface area contributed by atoms with E-state index in [2.05, 4.69) is 9.89 Å². The van der Waals surface area contributed by atoms with Crippen LogP contribution >= 0.6 is 0 Å². The van der Waals surface area contributed by atoms with E-state index < -0.39 is 5.60 Å². The lowest BCUT2D eigenvalue weighted by Gasteiger charge is -2.35. The molecule has 29 heavy (non-hydrogen) atoms. The van der Waals surface area contributed by atoms with E-state index >= 15 is 0 Å². The van der Waals surface area contributed by atoms with E-state index in [0.717, 1.165) is 55.1 Å². The quantitative estimate of drug-likeness (QED) is 0.839. The normalized spacial score (nSPS) is 21.7. The van der Waals surface area contributed by atoms with Gasteiger partial charge in [0.25, 0.3) is 5.91 Å². The van der Waals surface area contributed by atoms with Crippen LogP contribution in [0.4, 0.5) is 0 Å². The minimum absolute atomic E-state index is 0.156. The Hall–Kier alpha value is -2.40. The molecule has 3 aliphatic rings. The predicted octanol–water partition coefficient (Wildman–Crippen LogP) is 3.95. The summed E-state index contributed by atoms with van der Waals surface area (Å²) in [5, 5.41) is 11.2. The summed E-state index contributed by atoms with van der Waals surface area (Å²) in [6, 6.07) is 8.62. The first kappa shape index (κ1) is 18.6. The van der Waals surface area contributed by atoms with Gasteiger partial charge in [0.2, 0.25) is 0 Å². The number of benzene rings is 1. The fourth-order valence-electron chi connectivity index (χ4n) is 4.92. The Kier molecular flexibility index (Phi) is 4.39. The molecule has 0 bridgehead atoms. The average molecular weight is 392 g/mol. The van der Waals surface area contributed by atoms with Gasteiger partial charge < -0.3 is 14.6 Å². The van der Waals surface area contributed by atoms with E-state index in [9.17, 15) is 9.90 Å². The van der Waals surface area contributed by atoms with Gasteiger partial charge in [-0.05, 0) is 75.3 Å². The summed E-state index contributed by atoms with van der Waals surface area (Å²) >= 11 is 0. The Bertz CT molecular complexity index is 1020. The van der Waals surface area contributed by atoms with Crippen molar-refractivity contribution in [3.63, 3.8) is 0 Å². The lowest BCUT2D eigenvalue weighted by atomic mass is 9.88. The standard InChI is InChI=1S/C24H29N3O2/c1-24(2,29)15-26-11-10-20-21(4-3-5-22(20)26)23(28)27(18-8-9-18)19-7-6-16-13-25-14-17(16)12-19/h3-5,10-11,14,18-19,29H,6-9,12-13,15H2,1-2H3. The third kappa shape index (κ3) is 3.52. The van der Waals surface area contributed by atoms with Crippen LogP contribution in [0.1, 0.15) is 56.3 Å². The number of rotatable bonds is 5. The molecule has 1 fully saturated rings. The maximum Gasteiger partial charge on any atom is 0.255 e. The van der Waals surface area contributed by atoms with Gasteiger partial charge in [-0.1, -0.05) is 6.07 Å². The number of fused-ring (bicyclic) bond motifs is 1. The van der Waals surface area contributed by atoms with E-state index in [-0.39, 0.29) is 11.9 Å². The van der Waals surface area contributed by atoms with Crippen molar-refractivity contribution < 1.29 is 9.90 Å². The van der Waals surface area contributed by atoms with E-state index in [1.165, 1.54) is 11.1 Å². The number of carbonyl (C=O) groups excluding carboxylic acids is 1. The third-order valence-electron chi connectivity index (χ3n) is 6.39. The molecule has 152 valence electrons. The van der Waals surface area contributed by atoms with Gasteiger partial charge in [0, 0.05) is 41.0 Å². The van der Waals surface area contributed by atoms with Crippen LogP contribution in [0, 0.1) is 0 Å². The fourth-order valence-corrected chi connectivity index (χ4v) is 4.92. The van der Waals surface area contributed by atoms with Crippen molar-refractivity contribution in [1.82, 2.24) is 9.47 Å². The number of aromatic nitrogens is 1. The molecule has 1 aromatic heterocycles. The maximum absolute atomic E-state index is 13.7. The Labute approximate surface area is 171 Å². The lowest BCUT2D eigenvalue weighted by molar-refractivity contribution is 0.0627. The van der Waals surface area contributed by atoms with Crippen molar-refractivity contribution in [2.45, 2.75) is 70.2 Å². The highest BCUT2D eigenvalue weighted by Gasteiger charge is 2.40. The number of carbonyl (C=O) groups is 1. The molecule has 1 atom stereocenters. The van der Waals surface area contributed by atoms with Gasteiger partial charge in [-0.2, -0.15) is 0 Å². The molecule has 1 aliphatic heterocycles. The van der Waals surface area contributed by atoms with Gasteiger partial charge in [-0.3, -0.25) is 9.79 Å². The first-order valence-corrected chi connectivity index (χ1v) is 10.7. The van der Waals surface area contributed by atoms with Crippen LogP contribution < -0.4 is 0 Å². The summed E-state index contributed by atoms with van der Waals surface area (Å²) in [6.07, 6.45) is 9.26. The first-order valence-electron chi connectivity index (χ1n) is 10.7. The molecule has 5 nitrogen and oxygen atoms in total. The summed E-state index contributed by atoms with van der Waals surface area (Å²) < 4.78 is 2.04. The van der Waals surface area contributed by atoms with Crippen LogP contribution in [-0.2, 0) is 6.54 Å². The summed E-state index contributed by atoms with van der Waals surface area (Å²) in [5.41, 5.74) is 3.81. The number of hydrogen-bond donors (Lipinski definition) is 1. The molecular weight excluding hydrogens is 362 g/mol. The molecular formula is C24H29N3O2. The van der Waals surface area contributed by atoms with E-state index in [1.807, 2.05) is 41.2 Å². The topological polar surface area (TPSA) is 57.8 Å². The summed E-state index contributed by atoms with van der Waals surface area (Å²) in [6.45, 7) is 4.97. The van der Waals surface area contributed by atoms with Gasteiger partial charge in [-0.15, -0.1) is 0 Å². The van der Waals surface area contributed by atoms with Crippen LogP contribution in [0.5, 0.6) is 0 Å². The number of aliphatic hydroxyl groups is 1. The smallest absolute Gasteiger partial charge is 0.255 e. The van der Waals surface area contributed by atoms with Gasteiger partial charge in [-0.25, -0.2) is 0 Å². The summed E-state index contributed by atoms with van der Waals surface area (Å²) in [4.78, 5) is 20.4. The van der Waals surface area contributed by atoms with Gasteiger partial charge in [0.05, 0.1) is 18.7 Å². The molecule has 1 unspecified atom stereocenters. The van der Waals surface area contributed by atoms with Crippen LogP contribution in [0.25, 0.3) is 10.9 Å². The number of amides is 1.